The predicted molar refractivity (Wildman–Crippen MR) is 110 cm³/mol. The van der Waals surface area contributed by atoms with Gasteiger partial charge in [-0.05, 0) is 61.1 Å². The van der Waals surface area contributed by atoms with Crippen molar-refractivity contribution in [3.8, 4) is 0 Å². The van der Waals surface area contributed by atoms with E-state index in [4.69, 9.17) is 17.3 Å². The van der Waals surface area contributed by atoms with Crippen molar-refractivity contribution in [2.75, 3.05) is 29.0 Å². The number of hydrogen-bond acceptors (Lipinski definition) is 3. The number of nitrogen functional groups attached to an aromatic ring is 1. The molecule has 0 bridgehead atoms. The van der Waals surface area contributed by atoms with Crippen LogP contribution in [0.25, 0.3) is 0 Å². The first kappa shape index (κ1) is 18.6. The van der Waals surface area contributed by atoms with E-state index in [1.807, 2.05) is 12.1 Å². The Hall–Kier alpha value is -2.20. The minimum Gasteiger partial charge on any atom is -0.397 e. The molecule has 4 nitrogen and oxygen atoms in total. The quantitative estimate of drug-likeness (QED) is 0.749. The van der Waals surface area contributed by atoms with Gasteiger partial charge in [-0.1, -0.05) is 31.5 Å². The van der Waals surface area contributed by atoms with Gasteiger partial charge in [-0.25, -0.2) is 0 Å². The van der Waals surface area contributed by atoms with Crippen molar-refractivity contribution < 1.29 is 4.79 Å². The molecule has 3 rings (SSSR count). The third-order valence-electron chi connectivity index (χ3n) is 4.91. The molecule has 3 N–H and O–H groups in total. The molecule has 5 heteroatoms. The van der Waals surface area contributed by atoms with Gasteiger partial charge in [0, 0.05) is 29.4 Å². The lowest BCUT2D eigenvalue weighted by Gasteiger charge is -2.37. The summed E-state index contributed by atoms with van der Waals surface area (Å²) in [5.74, 6) is 1.09. The van der Waals surface area contributed by atoms with Gasteiger partial charge in [-0.2, -0.15) is 0 Å². The molecule has 1 saturated heterocycles. The first-order valence-corrected chi connectivity index (χ1v) is 9.43. The molecule has 2 aromatic carbocycles. The monoisotopic (exact) mass is 371 g/mol. The Balaban J connectivity index is 1.87. The number of hydrogen-bond donors (Lipinski definition) is 2. The van der Waals surface area contributed by atoms with E-state index in [9.17, 15) is 4.79 Å². The van der Waals surface area contributed by atoms with E-state index in [-0.39, 0.29) is 5.91 Å². The number of rotatable bonds is 3. The van der Waals surface area contributed by atoms with Crippen LogP contribution >= 0.6 is 11.6 Å². The number of benzene rings is 2. The topological polar surface area (TPSA) is 58.4 Å². The van der Waals surface area contributed by atoms with Gasteiger partial charge in [-0.3, -0.25) is 4.79 Å². The summed E-state index contributed by atoms with van der Waals surface area (Å²) in [4.78, 5) is 15.0. The van der Waals surface area contributed by atoms with E-state index in [0.717, 1.165) is 24.3 Å². The molecule has 138 valence electrons. The van der Waals surface area contributed by atoms with Crippen LogP contribution in [-0.2, 0) is 0 Å². The van der Waals surface area contributed by atoms with Crippen LogP contribution in [0.3, 0.4) is 0 Å². The van der Waals surface area contributed by atoms with E-state index < -0.39 is 0 Å². The molecule has 1 fully saturated rings. The first-order chi connectivity index (χ1) is 12.3. The van der Waals surface area contributed by atoms with Gasteiger partial charge < -0.3 is 16.0 Å². The maximum Gasteiger partial charge on any atom is 0.255 e. The van der Waals surface area contributed by atoms with Crippen molar-refractivity contribution in [1.82, 2.24) is 0 Å². The van der Waals surface area contributed by atoms with Crippen LogP contribution in [-0.4, -0.2) is 19.0 Å². The fraction of sp³-hybridized carbons (Fsp3) is 0.381. The fourth-order valence-electron chi connectivity index (χ4n) is 3.85. The van der Waals surface area contributed by atoms with Crippen molar-refractivity contribution >= 4 is 34.6 Å². The minimum atomic E-state index is -0.214. The Kier molecular flexibility index (Phi) is 5.42. The standard InChI is InChI=1S/C21H26ClN3O/c1-13-7-14(2)12-25(11-13)20-10-19(18(23)8-15(20)3)24-21(26)16-5-4-6-17(22)9-16/h4-6,8-10,13-14H,7,11-12,23H2,1-3H3,(H,24,26)/t13-,14-/m1/s1. The maximum atomic E-state index is 12.6. The second-order valence-corrected chi connectivity index (χ2v) is 7.98. The van der Waals surface area contributed by atoms with Gasteiger partial charge in [-0.15, -0.1) is 0 Å². The van der Waals surface area contributed by atoms with Crippen molar-refractivity contribution in [2.24, 2.45) is 11.8 Å². The van der Waals surface area contributed by atoms with Crippen LogP contribution in [0.1, 0.15) is 36.2 Å². The number of nitrogens with two attached hydrogens (primary N) is 1. The summed E-state index contributed by atoms with van der Waals surface area (Å²) in [6.07, 6.45) is 1.25. The zero-order valence-corrected chi connectivity index (χ0v) is 16.3. The van der Waals surface area contributed by atoms with Gasteiger partial charge >= 0.3 is 0 Å². The molecule has 1 aliphatic heterocycles. The molecule has 2 aromatic rings. The minimum absolute atomic E-state index is 0.214. The summed E-state index contributed by atoms with van der Waals surface area (Å²) in [6.45, 7) is 8.69. The second-order valence-electron chi connectivity index (χ2n) is 7.54. The van der Waals surface area contributed by atoms with E-state index >= 15 is 0 Å². The summed E-state index contributed by atoms with van der Waals surface area (Å²) in [5, 5.41) is 3.47. The van der Waals surface area contributed by atoms with E-state index in [2.05, 4.69) is 31.0 Å². The molecule has 0 spiro atoms. The summed E-state index contributed by atoms with van der Waals surface area (Å²) >= 11 is 5.99. The first-order valence-electron chi connectivity index (χ1n) is 9.05. The predicted octanol–water partition coefficient (Wildman–Crippen LogP) is 4.97. The molecule has 26 heavy (non-hydrogen) atoms. The third kappa shape index (κ3) is 4.13. The lowest BCUT2D eigenvalue weighted by atomic mass is 9.91. The highest BCUT2D eigenvalue weighted by atomic mass is 35.5. The lowest BCUT2D eigenvalue weighted by molar-refractivity contribution is 0.102. The van der Waals surface area contributed by atoms with Crippen LogP contribution < -0.4 is 16.0 Å². The molecule has 0 aromatic heterocycles. The smallest absolute Gasteiger partial charge is 0.255 e. The van der Waals surface area contributed by atoms with Crippen molar-refractivity contribution in [2.45, 2.75) is 27.2 Å². The average Bonchev–Trinajstić information content (AvgIpc) is 2.56. The second kappa shape index (κ2) is 7.58. The van der Waals surface area contributed by atoms with E-state index in [0.29, 0.717) is 33.8 Å². The Labute approximate surface area is 160 Å². The van der Waals surface area contributed by atoms with Crippen LogP contribution in [0.4, 0.5) is 17.1 Å². The lowest BCUT2D eigenvalue weighted by Crippen LogP contribution is -2.39. The number of amides is 1. The zero-order valence-electron chi connectivity index (χ0n) is 15.6. The highest BCUT2D eigenvalue weighted by Crippen LogP contribution is 2.33. The highest BCUT2D eigenvalue weighted by molar-refractivity contribution is 6.31. The van der Waals surface area contributed by atoms with Gasteiger partial charge in [0.15, 0.2) is 0 Å². The molecule has 0 unspecified atom stereocenters. The fourth-order valence-corrected chi connectivity index (χ4v) is 4.04. The van der Waals surface area contributed by atoms with Crippen molar-refractivity contribution in [3.63, 3.8) is 0 Å². The van der Waals surface area contributed by atoms with Gasteiger partial charge in [0.2, 0.25) is 0 Å². The van der Waals surface area contributed by atoms with Gasteiger partial charge in [0.05, 0.1) is 11.4 Å². The van der Waals surface area contributed by atoms with E-state index in [1.54, 1.807) is 24.3 Å². The number of anilines is 3. The average molecular weight is 372 g/mol. The number of piperidine rings is 1. The van der Waals surface area contributed by atoms with E-state index in [1.165, 1.54) is 6.42 Å². The van der Waals surface area contributed by atoms with Crippen LogP contribution in [0.5, 0.6) is 0 Å². The molecule has 0 aliphatic carbocycles. The molecule has 1 heterocycles. The van der Waals surface area contributed by atoms with Crippen LogP contribution in [0.15, 0.2) is 36.4 Å². The molecular formula is C21H26ClN3O. The molecule has 0 radical (unpaired) electrons. The molecule has 2 atom stereocenters. The summed E-state index contributed by atoms with van der Waals surface area (Å²) in [7, 11) is 0. The van der Waals surface area contributed by atoms with Crippen LogP contribution in [0.2, 0.25) is 5.02 Å². The van der Waals surface area contributed by atoms with Crippen molar-refractivity contribution in [3.05, 3.63) is 52.5 Å². The Morgan fingerprint density at radius 1 is 1.19 bits per heavy atom. The Morgan fingerprint density at radius 2 is 1.88 bits per heavy atom. The third-order valence-corrected chi connectivity index (χ3v) is 5.15. The van der Waals surface area contributed by atoms with Crippen molar-refractivity contribution in [1.29, 1.82) is 0 Å². The summed E-state index contributed by atoms with van der Waals surface area (Å²) < 4.78 is 0. The summed E-state index contributed by atoms with van der Waals surface area (Å²) in [5.41, 5.74) is 10.2. The Bertz CT molecular complexity index is 811. The number of nitrogens with one attached hydrogen (secondary N) is 1. The Morgan fingerprint density at radius 3 is 2.54 bits per heavy atom. The summed E-state index contributed by atoms with van der Waals surface area (Å²) in [6, 6.07) is 10.8. The molecule has 1 amide bonds. The molecule has 0 saturated carbocycles. The normalized spacial score (nSPS) is 20.1. The number of carbonyl (C=O) groups is 1. The number of carbonyl (C=O) groups excluding carboxylic acids is 1. The zero-order chi connectivity index (χ0) is 18.8. The maximum absolute atomic E-state index is 12.6. The number of aryl methyl sites for hydroxylation is 1. The van der Waals surface area contributed by atoms with Gasteiger partial charge in [0.25, 0.3) is 5.91 Å². The SMILES string of the molecule is Cc1cc(N)c(NC(=O)c2cccc(Cl)c2)cc1N1C[C@H](C)C[C@@H](C)C1. The number of halogens is 1. The highest BCUT2D eigenvalue weighted by Gasteiger charge is 2.24. The molecule has 1 aliphatic rings. The van der Waals surface area contributed by atoms with Gasteiger partial charge in [0.1, 0.15) is 0 Å². The van der Waals surface area contributed by atoms with Crippen LogP contribution in [0, 0.1) is 18.8 Å². The molecular weight excluding hydrogens is 346 g/mol. The number of nitrogens with zero attached hydrogens (tertiary/aromatic N) is 1. The largest absolute Gasteiger partial charge is 0.397 e.